The van der Waals surface area contributed by atoms with Crippen molar-refractivity contribution in [3.8, 4) is 0 Å². The minimum absolute atomic E-state index is 0.105. The van der Waals surface area contributed by atoms with E-state index in [0.717, 1.165) is 25.9 Å². The van der Waals surface area contributed by atoms with E-state index in [9.17, 15) is 4.79 Å². The average Bonchev–Trinajstić information content (AvgIpc) is 2.56. The molecule has 17 heavy (non-hydrogen) atoms. The molecule has 1 aliphatic rings. The summed E-state index contributed by atoms with van der Waals surface area (Å²) in [5, 5.41) is 0. The highest BCUT2D eigenvalue weighted by atomic mass is 16.5. The molecule has 2 N–H and O–H groups in total. The van der Waals surface area contributed by atoms with Gasteiger partial charge in [0, 0.05) is 19.6 Å². The van der Waals surface area contributed by atoms with Gasteiger partial charge in [-0.25, -0.2) is 0 Å². The third-order valence-electron chi connectivity index (χ3n) is 3.25. The second-order valence-corrected chi connectivity index (χ2v) is 5.46. The molecule has 1 heterocycles. The Hall–Kier alpha value is -0.610. The van der Waals surface area contributed by atoms with Crippen LogP contribution in [-0.4, -0.2) is 42.1 Å². The van der Waals surface area contributed by atoms with Crippen molar-refractivity contribution in [3.05, 3.63) is 0 Å². The number of ether oxygens (including phenoxy) is 1. The molecule has 0 aromatic heterocycles. The number of hydrogen-bond acceptors (Lipinski definition) is 3. The lowest BCUT2D eigenvalue weighted by atomic mass is 10.1. The SMILES string of the molecule is CC(OC(C)(C)CN)C(=O)N1CCCCCC1. The lowest BCUT2D eigenvalue weighted by Crippen LogP contribution is -2.45. The van der Waals surface area contributed by atoms with Crippen molar-refractivity contribution < 1.29 is 9.53 Å². The van der Waals surface area contributed by atoms with Crippen molar-refractivity contribution in [2.24, 2.45) is 5.73 Å². The summed E-state index contributed by atoms with van der Waals surface area (Å²) in [6.45, 7) is 7.82. The maximum absolute atomic E-state index is 12.2. The molecule has 1 saturated heterocycles. The first kappa shape index (κ1) is 14.5. The Balaban J connectivity index is 2.50. The van der Waals surface area contributed by atoms with Crippen LogP contribution in [0.4, 0.5) is 0 Å². The summed E-state index contributed by atoms with van der Waals surface area (Å²) in [5.74, 6) is 0.105. The van der Waals surface area contributed by atoms with Crippen molar-refractivity contribution in [1.29, 1.82) is 0 Å². The zero-order chi connectivity index (χ0) is 12.9. The molecule has 100 valence electrons. The fraction of sp³-hybridized carbons (Fsp3) is 0.923. The Morgan fingerprint density at radius 3 is 2.29 bits per heavy atom. The Bertz CT molecular complexity index is 246. The smallest absolute Gasteiger partial charge is 0.251 e. The van der Waals surface area contributed by atoms with E-state index in [4.69, 9.17) is 10.5 Å². The first-order valence-electron chi connectivity index (χ1n) is 6.63. The van der Waals surface area contributed by atoms with Crippen molar-refractivity contribution in [3.63, 3.8) is 0 Å². The summed E-state index contributed by atoms with van der Waals surface area (Å²) in [4.78, 5) is 14.1. The van der Waals surface area contributed by atoms with Gasteiger partial charge >= 0.3 is 0 Å². The number of amides is 1. The van der Waals surface area contributed by atoms with Crippen molar-refractivity contribution in [2.75, 3.05) is 19.6 Å². The van der Waals surface area contributed by atoms with Crippen LogP contribution < -0.4 is 5.73 Å². The number of nitrogens with two attached hydrogens (primary N) is 1. The van der Waals surface area contributed by atoms with Gasteiger partial charge in [-0.05, 0) is 33.6 Å². The van der Waals surface area contributed by atoms with Crippen LogP contribution in [0, 0.1) is 0 Å². The molecule has 0 radical (unpaired) electrons. The molecule has 1 amide bonds. The number of likely N-dealkylation sites (tertiary alicyclic amines) is 1. The first-order chi connectivity index (χ1) is 7.96. The van der Waals surface area contributed by atoms with E-state index >= 15 is 0 Å². The second kappa shape index (κ2) is 6.36. The molecular weight excluding hydrogens is 216 g/mol. The van der Waals surface area contributed by atoms with Gasteiger partial charge in [-0.3, -0.25) is 4.79 Å². The minimum Gasteiger partial charge on any atom is -0.361 e. The predicted molar refractivity (Wildman–Crippen MR) is 68.7 cm³/mol. The fourth-order valence-corrected chi connectivity index (χ4v) is 2.13. The molecule has 0 bridgehead atoms. The van der Waals surface area contributed by atoms with Crippen LogP contribution in [0.15, 0.2) is 0 Å². The van der Waals surface area contributed by atoms with Crippen LogP contribution in [0.5, 0.6) is 0 Å². The number of carbonyl (C=O) groups excluding carboxylic acids is 1. The molecule has 0 aromatic carbocycles. The molecule has 1 unspecified atom stereocenters. The number of carbonyl (C=O) groups is 1. The Kier molecular flexibility index (Phi) is 5.40. The topological polar surface area (TPSA) is 55.6 Å². The van der Waals surface area contributed by atoms with Crippen LogP contribution in [0.1, 0.15) is 46.5 Å². The molecule has 4 nitrogen and oxygen atoms in total. The highest BCUT2D eigenvalue weighted by Crippen LogP contribution is 2.15. The van der Waals surface area contributed by atoms with E-state index < -0.39 is 11.7 Å². The molecule has 1 atom stereocenters. The number of hydrogen-bond donors (Lipinski definition) is 1. The van der Waals surface area contributed by atoms with Crippen molar-refractivity contribution >= 4 is 5.91 Å². The van der Waals surface area contributed by atoms with Gasteiger partial charge in [0.15, 0.2) is 0 Å². The first-order valence-corrected chi connectivity index (χ1v) is 6.63. The van der Waals surface area contributed by atoms with Crippen LogP contribution >= 0.6 is 0 Å². The summed E-state index contributed by atoms with van der Waals surface area (Å²) in [6.07, 6.45) is 4.28. The summed E-state index contributed by atoms with van der Waals surface area (Å²) in [6, 6.07) is 0. The minimum atomic E-state index is -0.430. The fourth-order valence-electron chi connectivity index (χ4n) is 2.13. The molecular formula is C13H26N2O2. The molecule has 0 spiro atoms. The zero-order valence-electron chi connectivity index (χ0n) is 11.4. The van der Waals surface area contributed by atoms with Crippen molar-refractivity contribution in [2.45, 2.75) is 58.2 Å². The summed E-state index contributed by atoms with van der Waals surface area (Å²) in [7, 11) is 0. The van der Waals surface area contributed by atoms with Crippen LogP contribution in [0.25, 0.3) is 0 Å². The molecule has 1 aliphatic heterocycles. The zero-order valence-corrected chi connectivity index (χ0v) is 11.4. The van der Waals surface area contributed by atoms with E-state index in [1.165, 1.54) is 12.8 Å². The van der Waals surface area contributed by atoms with Gasteiger partial charge < -0.3 is 15.4 Å². The highest BCUT2D eigenvalue weighted by molar-refractivity contribution is 5.80. The van der Waals surface area contributed by atoms with Crippen LogP contribution in [0.3, 0.4) is 0 Å². The van der Waals surface area contributed by atoms with E-state index in [-0.39, 0.29) is 5.91 Å². The average molecular weight is 242 g/mol. The summed E-state index contributed by atoms with van der Waals surface area (Å²) in [5.41, 5.74) is 5.18. The highest BCUT2D eigenvalue weighted by Gasteiger charge is 2.27. The summed E-state index contributed by atoms with van der Waals surface area (Å²) < 4.78 is 5.73. The lowest BCUT2D eigenvalue weighted by Gasteiger charge is -2.30. The van der Waals surface area contributed by atoms with E-state index in [1.807, 2.05) is 25.7 Å². The number of rotatable bonds is 4. The van der Waals surface area contributed by atoms with Crippen molar-refractivity contribution in [1.82, 2.24) is 4.90 Å². The van der Waals surface area contributed by atoms with Gasteiger partial charge in [-0.15, -0.1) is 0 Å². The quantitative estimate of drug-likeness (QED) is 0.813. The van der Waals surface area contributed by atoms with E-state index in [2.05, 4.69) is 0 Å². The third kappa shape index (κ3) is 4.64. The molecule has 1 fully saturated rings. The second-order valence-electron chi connectivity index (χ2n) is 5.46. The predicted octanol–water partition coefficient (Wildman–Crippen LogP) is 1.53. The van der Waals surface area contributed by atoms with Gasteiger partial charge in [-0.2, -0.15) is 0 Å². The molecule has 0 aliphatic carbocycles. The van der Waals surface area contributed by atoms with Crippen LogP contribution in [-0.2, 0) is 9.53 Å². The Morgan fingerprint density at radius 2 is 1.82 bits per heavy atom. The molecule has 0 aromatic rings. The molecule has 0 saturated carbocycles. The summed E-state index contributed by atoms with van der Waals surface area (Å²) >= 11 is 0. The maximum atomic E-state index is 12.2. The Labute approximate surface area is 104 Å². The standard InChI is InChI=1S/C13H26N2O2/c1-11(17-13(2,3)10-14)12(16)15-8-6-4-5-7-9-15/h11H,4-10,14H2,1-3H3. The Morgan fingerprint density at radius 1 is 1.29 bits per heavy atom. The monoisotopic (exact) mass is 242 g/mol. The van der Waals surface area contributed by atoms with Gasteiger partial charge in [-0.1, -0.05) is 12.8 Å². The molecule has 1 rings (SSSR count). The maximum Gasteiger partial charge on any atom is 0.251 e. The van der Waals surface area contributed by atoms with E-state index in [0.29, 0.717) is 6.54 Å². The third-order valence-corrected chi connectivity index (χ3v) is 3.25. The largest absolute Gasteiger partial charge is 0.361 e. The lowest BCUT2D eigenvalue weighted by molar-refractivity contribution is -0.151. The van der Waals surface area contributed by atoms with Gasteiger partial charge in [0.2, 0.25) is 0 Å². The van der Waals surface area contributed by atoms with Gasteiger partial charge in [0.1, 0.15) is 6.10 Å². The van der Waals surface area contributed by atoms with Gasteiger partial charge in [0.05, 0.1) is 5.60 Å². The van der Waals surface area contributed by atoms with Gasteiger partial charge in [0.25, 0.3) is 5.91 Å². The van der Waals surface area contributed by atoms with Crippen LogP contribution in [0.2, 0.25) is 0 Å². The normalized spacial score (nSPS) is 19.9. The molecule has 4 heteroatoms. The van der Waals surface area contributed by atoms with E-state index in [1.54, 1.807) is 0 Å². The number of nitrogens with zero attached hydrogens (tertiary/aromatic N) is 1.